The van der Waals surface area contributed by atoms with Crippen LogP contribution in [0.25, 0.3) is 66.4 Å². The van der Waals surface area contributed by atoms with Crippen LogP contribution in [-0.4, -0.2) is 9.97 Å². The minimum atomic E-state index is -0.491. The van der Waals surface area contributed by atoms with Crippen LogP contribution >= 0.6 is 0 Å². The minimum Gasteiger partial charge on any atom is -0.500 e. The fourth-order valence-corrected chi connectivity index (χ4v) is 9.06. The number of aromatic nitrogens is 2. The molecule has 0 atom stereocenters. The van der Waals surface area contributed by atoms with Gasteiger partial charge in [0.2, 0.25) is 0 Å². The molecule has 3 aromatic heterocycles. The van der Waals surface area contributed by atoms with Crippen molar-refractivity contribution in [2.24, 2.45) is 5.41 Å². The third kappa shape index (κ3) is 8.47. The van der Waals surface area contributed by atoms with Crippen molar-refractivity contribution in [2.75, 3.05) is 0 Å². The van der Waals surface area contributed by atoms with Gasteiger partial charge in [0.1, 0.15) is 5.58 Å². The van der Waals surface area contributed by atoms with E-state index >= 15 is 0 Å². The molecule has 0 unspecified atom stereocenters. The Morgan fingerprint density at radius 1 is 0.656 bits per heavy atom. The van der Waals surface area contributed by atoms with E-state index in [1.807, 2.05) is 30.5 Å². The van der Waals surface area contributed by atoms with E-state index in [1.165, 1.54) is 45.2 Å². The molecular weight excluding hydrogens is 928 g/mol. The quantitative estimate of drug-likeness (QED) is 0.165. The first-order valence-electron chi connectivity index (χ1n) is 21.7. The summed E-state index contributed by atoms with van der Waals surface area (Å²) in [5.74, 6) is -0.769. The molecule has 1 fully saturated rings. The van der Waals surface area contributed by atoms with Crippen molar-refractivity contribution in [1.29, 1.82) is 0 Å². The van der Waals surface area contributed by atoms with E-state index in [1.54, 1.807) is 12.3 Å². The summed E-state index contributed by atoms with van der Waals surface area (Å²) in [7, 11) is 0. The zero-order valence-electron chi connectivity index (χ0n) is 35.5. The summed E-state index contributed by atoms with van der Waals surface area (Å²) >= 11 is 0. The molecule has 5 aliphatic rings. The van der Waals surface area contributed by atoms with E-state index < -0.39 is 5.89 Å². The summed E-state index contributed by atoms with van der Waals surface area (Å²) in [6.45, 7) is 4.66. The second-order valence-electron chi connectivity index (χ2n) is 17.2. The molecule has 0 spiro atoms. The van der Waals surface area contributed by atoms with E-state index in [9.17, 15) is 5.76 Å². The zero-order chi connectivity index (χ0) is 41.6. The van der Waals surface area contributed by atoms with E-state index in [4.69, 9.17) is 9.40 Å². The molecule has 0 N–H and O–H groups in total. The van der Waals surface area contributed by atoms with Crippen LogP contribution in [0.15, 0.2) is 150 Å². The number of pyridine rings is 2. The number of fused-ring (bicyclic) bond motifs is 3. The Morgan fingerprint density at radius 2 is 1.36 bits per heavy atom. The van der Waals surface area contributed by atoms with Gasteiger partial charge in [-0.1, -0.05) is 116 Å². The predicted molar refractivity (Wildman–Crippen MR) is 243 cm³/mol. The SMILES string of the molecule is Fc1c[c-]c(-c2ccccn2)cc1.[2H]C1(c2ccc(-c3ccnc(-c4[c-]ccc5c4oc4c5ccc5c6ccc(c54)CCc4ccc(cc4)CC6)c3)cc2)CCC(C)(C)CC1.[Ir]. The summed E-state index contributed by atoms with van der Waals surface area (Å²) < 4.78 is 28.7. The molecule has 1 saturated carbocycles. The summed E-state index contributed by atoms with van der Waals surface area (Å²) in [5, 5.41) is 4.79. The summed E-state index contributed by atoms with van der Waals surface area (Å²) in [6.07, 6.45) is 11.6. The van der Waals surface area contributed by atoms with Crippen molar-refractivity contribution in [3.63, 3.8) is 0 Å². The normalized spacial score (nSPS) is 15.6. The van der Waals surface area contributed by atoms with Crippen LogP contribution < -0.4 is 0 Å². The van der Waals surface area contributed by atoms with Crippen molar-refractivity contribution in [2.45, 2.75) is 71.1 Å². The number of benzene rings is 6. The molecule has 61 heavy (non-hydrogen) atoms. The Bertz CT molecular complexity index is 3000. The van der Waals surface area contributed by atoms with Crippen LogP contribution in [0.1, 0.15) is 74.6 Å². The van der Waals surface area contributed by atoms with E-state index in [0.717, 1.165) is 113 Å². The van der Waals surface area contributed by atoms with Crippen LogP contribution in [0.4, 0.5) is 4.39 Å². The number of hydrogen-bond acceptors (Lipinski definition) is 3. The Balaban J connectivity index is 0.000000300. The first-order chi connectivity index (χ1) is 29.7. The molecule has 305 valence electrons. The van der Waals surface area contributed by atoms with Gasteiger partial charge >= 0.3 is 0 Å². The van der Waals surface area contributed by atoms with Crippen LogP contribution in [0, 0.1) is 23.4 Å². The molecule has 1 radical (unpaired) electrons. The van der Waals surface area contributed by atoms with Crippen molar-refractivity contribution in [1.82, 2.24) is 9.97 Å². The molecule has 0 amide bonds. The molecule has 14 rings (SSSR count). The van der Waals surface area contributed by atoms with Crippen LogP contribution in [0.3, 0.4) is 0 Å². The minimum absolute atomic E-state index is 0. The maximum absolute atomic E-state index is 12.6. The smallest absolute Gasteiger partial charge is 0.129 e. The van der Waals surface area contributed by atoms with Crippen molar-refractivity contribution >= 4 is 32.7 Å². The Hall–Kier alpha value is -5.74. The van der Waals surface area contributed by atoms with Gasteiger partial charge in [-0.15, -0.1) is 48.0 Å². The van der Waals surface area contributed by atoms with Gasteiger partial charge in [-0.3, -0.25) is 4.39 Å². The maximum atomic E-state index is 12.6. The summed E-state index contributed by atoms with van der Waals surface area (Å²) in [4.78, 5) is 8.95. The van der Waals surface area contributed by atoms with Crippen LogP contribution in [0.5, 0.6) is 0 Å². The molecule has 5 heteroatoms. The third-order valence-corrected chi connectivity index (χ3v) is 12.7. The van der Waals surface area contributed by atoms with Gasteiger partial charge in [0.15, 0.2) is 0 Å². The molecule has 3 heterocycles. The van der Waals surface area contributed by atoms with Gasteiger partial charge in [0.05, 0.1) is 5.58 Å². The van der Waals surface area contributed by atoms with E-state index in [0.29, 0.717) is 5.41 Å². The van der Waals surface area contributed by atoms with Crippen molar-refractivity contribution in [3.8, 4) is 33.6 Å². The molecule has 9 aromatic rings. The monoisotopic (exact) mass is 976 g/mol. The topological polar surface area (TPSA) is 38.9 Å². The third-order valence-electron chi connectivity index (χ3n) is 12.7. The molecular formula is C56H47FIrN2O-2. The van der Waals surface area contributed by atoms with Gasteiger partial charge in [-0.05, 0) is 131 Å². The molecule has 3 nitrogen and oxygen atoms in total. The number of aryl methyl sites for hydroxylation is 4. The molecule has 0 saturated heterocycles. The largest absolute Gasteiger partial charge is 0.500 e. The standard InChI is InChI=1S/C45H40NO.C11H7FN.Ir/c1-45(2)25-22-33(23-26-45)31-14-16-32(17-15-31)36-24-27-46-41(28-36)40-5-3-4-38-39-21-20-37-34-12-10-29-6-8-30(9-7-29)11-13-35(19-18-34)42(37)44(39)47-43(38)40;12-10-6-4-9(5-7-10)11-3-1-2-8-13-11;/h3-4,6-9,14-21,24,27-28,33H,10-13,22-23,25-26H2,1-2H3;1-4,6-8H;/q2*-1;/i33D;;. The van der Waals surface area contributed by atoms with Gasteiger partial charge in [-0.2, -0.15) is 0 Å². The Labute approximate surface area is 372 Å². The number of furan rings is 1. The number of halogens is 1. The number of nitrogens with zero attached hydrogens (tertiary/aromatic N) is 2. The molecule has 4 bridgehead atoms. The number of hydrogen-bond donors (Lipinski definition) is 0. The van der Waals surface area contributed by atoms with Crippen molar-refractivity contribution < 1.29 is 30.3 Å². The Morgan fingerprint density at radius 3 is 2.08 bits per heavy atom. The average molecular weight is 976 g/mol. The zero-order valence-corrected chi connectivity index (χ0v) is 36.9. The van der Waals surface area contributed by atoms with Crippen LogP contribution in [0.2, 0.25) is 0 Å². The van der Waals surface area contributed by atoms with Gasteiger partial charge < -0.3 is 14.4 Å². The van der Waals surface area contributed by atoms with E-state index in [-0.39, 0.29) is 25.9 Å². The number of rotatable bonds is 4. The van der Waals surface area contributed by atoms with Crippen LogP contribution in [-0.2, 0) is 45.8 Å². The van der Waals surface area contributed by atoms with E-state index in [2.05, 4.69) is 122 Å². The second-order valence-corrected chi connectivity index (χ2v) is 17.2. The summed E-state index contributed by atoms with van der Waals surface area (Å²) in [5.41, 5.74) is 14.3. The first kappa shape index (κ1) is 39.4. The average Bonchev–Trinajstić information content (AvgIpc) is 3.69. The van der Waals surface area contributed by atoms with Gasteiger partial charge in [0.25, 0.3) is 0 Å². The van der Waals surface area contributed by atoms with Gasteiger partial charge in [0, 0.05) is 50.5 Å². The molecule has 5 aliphatic carbocycles. The Kier molecular flexibility index (Phi) is 11.2. The van der Waals surface area contributed by atoms with Gasteiger partial charge in [-0.25, -0.2) is 0 Å². The predicted octanol–water partition coefficient (Wildman–Crippen LogP) is 14.5. The first-order valence-corrected chi connectivity index (χ1v) is 21.2. The fourth-order valence-electron chi connectivity index (χ4n) is 9.06. The fraction of sp³-hybridized carbons (Fsp3) is 0.214. The molecule has 6 aromatic carbocycles. The second kappa shape index (κ2) is 17.3. The summed E-state index contributed by atoms with van der Waals surface area (Å²) in [6, 6.07) is 51.7. The maximum Gasteiger partial charge on any atom is 0.129 e. The molecule has 0 aliphatic heterocycles. The van der Waals surface area contributed by atoms with Crippen molar-refractivity contribution in [3.05, 3.63) is 192 Å².